The molecule has 1 heterocycles. The summed E-state index contributed by atoms with van der Waals surface area (Å²) in [5, 5.41) is 11.0. The summed E-state index contributed by atoms with van der Waals surface area (Å²) in [6.07, 6.45) is 1.73. The molecular formula is C19H20N2O5. The zero-order valence-corrected chi connectivity index (χ0v) is 14.9. The second kappa shape index (κ2) is 7.77. The number of carbonyl (C=O) groups excluding carboxylic acids is 2. The van der Waals surface area contributed by atoms with Gasteiger partial charge < -0.3 is 9.30 Å². The first-order chi connectivity index (χ1) is 12.3. The number of nitrogens with zero attached hydrogens (tertiary/aromatic N) is 2. The van der Waals surface area contributed by atoms with Gasteiger partial charge in [-0.05, 0) is 32.9 Å². The number of rotatable bonds is 7. The van der Waals surface area contributed by atoms with E-state index < -0.39 is 17.5 Å². The normalized spacial score (nSPS) is 10.4. The minimum absolute atomic E-state index is 0.0345. The molecule has 0 unspecified atom stereocenters. The van der Waals surface area contributed by atoms with Crippen molar-refractivity contribution in [3.05, 3.63) is 75.1 Å². The molecule has 0 fully saturated rings. The summed E-state index contributed by atoms with van der Waals surface area (Å²) in [6, 6.07) is 5.80. The molecule has 0 amide bonds. The first kappa shape index (κ1) is 19.1. The van der Waals surface area contributed by atoms with Gasteiger partial charge in [0.25, 0.3) is 5.69 Å². The minimum Gasteiger partial charge on any atom is -0.454 e. The molecule has 26 heavy (non-hydrogen) atoms. The first-order valence-electron chi connectivity index (χ1n) is 7.99. The Morgan fingerprint density at radius 2 is 1.96 bits per heavy atom. The molecule has 0 aliphatic carbocycles. The Bertz CT molecular complexity index is 896. The maximum absolute atomic E-state index is 12.4. The molecule has 7 nitrogen and oxygen atoms in total. The number of esters is 1. The molecule has 7 heteroatoms. The number of carbonyl (C=O) groups is 2. The maximum atomic E-state index is 12.4. The number of ketones is 1. The summed E-state index contributed by atoms with van der Waals surface area (Å²) in [7, 11) is 0. The fourth-order valence-corrected chi connectivity index (χ4v) is 2.72. The van der Waals surface area contributed by atoms with Crippen LogP contribution in [0, 0.1) is 30.9 Å². The lowest BCUT2D eigenvalue weighted by atomic mass is 10.1. The smallest absolute Gasteiger partial charge is 0.338 e. The maximum Gasteiger partial charge on any atom is 0.338 e. The predicted octanol–water partition coefficient (Wildman–Crippen LogP) is 3.55. The van der Waals surface area contributed by atoms with Gasteiger partial charge in [-0.2, -0.15) is 0 Å². The highest BCUT2D eigenvalue weighted by Gasteiger charge is 2.19. The molecule has 0 atom stereocenters. The van der Waals surface area contributed by atoms with E-state index >= 15 is 0 Å². The lowest BCUT2D eigenvalue weighted by Crippen LogP contribution is -2.15. The number of nitro groups is 1. The van der Waals surface area contributed by atoms with Crippen LogP contribution in [0.25, 0.3) is 0 Å². The van der Waals surface area contributed by atoms with Crippen LogP contribution < -0.4 is 0 Å². The van der Waals surface area contributed by atoms with E-state index in [2.05, 4.69) is 6.58 Å². The molecule has 0 saturated carbocycles. The second-order valence-corrected chi connectivity index (χ2v) is 5.94. The summed E-state index contributed by atoms with van der Waals surface area (Å²) in [4.78, 5) is 34.9. The fraction of sp³-hybridized carbons (Fsp3) is 0.263. The molecule has 0 aliphatic rings. The third-order valence-corrected chi connectivity index (χ3v) is 4.16. The average Bonchev–Trinajstić information content (AvgIpc) is 2.88. The number of hydrogen-bond donors (Lipinski definition) is 0. The number of benzene rings is 1. The van der Waals surface area contributed by atoms with Gasteiger partial charge >= 0.3 is 5.97 Å². The largest absolute Gasteiger partial charge is 0.454 e. The average molecular weight is 356 g/mol. The van der Waals surface area contributed by atoms with E-state index in [1.54, 1.807) is 19.1 Å². The van der Waals surface area contributed by atoms with E-state index in [0.29, 0.717) is 17.7 Å². The number of Topliss-reactive ketones (excluding diaryl/α,β-unsaturated/α-hetero) is 1. The Balaban J connectivity index is 2.11. The summed E-state index contributed by atoms with van der Waals surface area (Å²) in [6.45, 7) is 9.11. The van der Waals surface area contributed by atoms with Crippen LogP contribution in [-0.2, 0) is 11.3 Å². The molecule has 0 aliphatic heterocycles. The Hall–Kier alpha value is -3.22. The first-order valence-corrected chi connectivity index (χ1v) is 7.99. The molecule has 0 bridgehead atoms. The summed E-state index contributed by atoms with van der Waals surface area (Å²) < 4.78 is 6.98. The Labute approximate surface area is 151 Å². The van der Waals surface area contributed by atoms with Gasteiger partial charge in [-0.15, -0.1) is 6.58 Å². The van der Waals surface area contributed by atoms with Gasteiger partial charge in [-0.3, -0.25) is 14.9 Å². The Kier molecular flexibility index (Phi) is 5.71. The van der Waals surface area contributed by atoms with Crippen LogP contribution in [0.3, 0.4) is 0 Å². The number of allylic oxidation sites excluding steroid dienone is 1. The van der Waals surface area contributed by atoms with Crippen LogP contribution >= 0.6 is 0 Å². The van der Waals surface area contributed by atoms with Gasteiger partial charge in [0.15, 0.2) is 6.61 Å². The van der Waals surface area contributed by atoms with Crippen molar-refractivity contribution in [3.63, 3.8) is 0 Å². The molecule has 1 aromatic heterocycles. The quantitative estimate of drug-likeness (QED) is 0.249. The van der Waals surface area contributed by atoms with Crippen molar-refractivity contribution in [3.8, 4) is 0 Å². The minimum atomic E-state index is -0.777. The van der Waals surface area contributed by atoms with Gasteiger partial charge in [0.2, 0.25) is 5.78 Å². The van der Waals surface area contributed by atoms with Gasteiger partial charge in [0, 0.05) is 35.1 Å². The highest BCUT2D eigenvalue weighted by Crippen LogP contribution is 2.20. The molecule has 0 radical (unpaired) electrons. The second-order valence-electron chi connectivity index (χ2n) is 5.94. The fourth-order valence-electron chi connectivity index (χ4n) is 2.72. The van der Waals surface area contributed by atoms with Crippen molar-refractivity contribution >= 4 is 17.4 Å². The molecule has 2 rings (SSSR count). The van der Waals surface area contributed by atoms with E-state index in [9.17, 15) is 19.7 Å². The number of ether oxygens (including phenoxy) is 1. The van der Waals surface area contributed by atoms with E-state index in [0.717, 1.165) is 17.5 Å². The summed E-state index contributed by atoms with van der Waals surface area (Å²) in [5.74, 6) is -1.11. The van der Waals surface area contributed by atoms with Crippen LogP contribution in [0.1, 0.15) is 37.7 Å². The van der Waals surface area contributed by atoms with Crippen LogP contribution in [-0.4, -0.2) is 27.8 Å². The standard InChI is InChI=1S/C19H20N2O5/c1-5-8-20-13(3)9-16(14(20)4)18(22)11-26-19(23)15-7-6-12(2)17(10-15)21(24)25/h5-7,9-10H,1,8,11H2,2-4H3. The van der Waals surface area contributed by atoms with Crippen molar-refractivity contribution in [1.82, 2.24) is 4.57 Å². The van der Waals surface area contributed by atoms with E-state index in [4.69, 9.17) is 4.74 Å². The molecule has 2 aromatic rings. The molecule has 1 aromatic carbocycles. The third-order valence-electron chi connectivity index (χ3n) is 4.16. The van der Waals surface area contributed by atoms with Crippen molar-refractivity contribution in [2.45, 2.75) is 27.3 Å². The number of hydrogen-bond acceptors (Lipinski definition) is 5. The molecule has 0 N–H and O–H groups in total. The number of aryl methyl sites for hydroxylation is 2. The van der Waals surface area contributed by atoms with Crippen molar-refractivity contribution in [1.29, 1.82) is 0 Å². The van der Waals surface area contributed by atoms with Crippen LogP contribution in [0.4, 0.5) is 5.69 Å². The van der Waals surface area contributed by atoms with Gasteiger partial charge in [-0.1, -0.05) is 12.1 Å². The lowest BCUT2D eigenvalue weighted by molar-refractivity contribution is -0.385. The highest BCUT2D eigenvalue weighted by atomic mass is 16.6. The van der Waals surface area contributed by atoms with Crippen LogP contribution in [0.2, 0.25) is 0 Å². The summed E-state index contributed by atoms with van der Waals surface area (Å²) >= 11 is 0. The van der Waals surface area contributed by atoms with Crippen molar-refractivity contribution < 1.29 is 19.2 Å². The molecular weight excluding hydrogens is 336 g/mol. The molecule has 136 valence electrons. The van der Waals surface area contributed by atoms with Crippen molar-refractivity contribution in [2.75, 3.05) is 6.61 Å². The van der Waals surface area contributed by atoms with E-state index in [1.165, 1.54) is 12.1 Å². The SMILES string of the molecule is C=CCn1c(C)cc(C(=O)COC(=O)c2ccc(C)c([N+](=O)[O-])c2)c1C. The van der Waals surface area contributed by atoms with Crippen LogP contribution in [0.5, 0.6) is 0 Å². The number of nitro benzene ring substituents is 1. The van der Waals surface area contributed by atoms with Gasteiger partial charge in [0.1, 0.15) is 0 Å². The summed E-state index contributed by atoms with van der Waals surface area (Å²) in [5.41, 5.74) is 2.47. The van der Waals surface area contributed by atoms with E-state index in [1.807, 2.05) is 18.4 Å². The number of aromatic nitrogens is 1. The van der Waals surface area contributed by atoms with Gasteiger partial charge in [-0.25, -0.2) is 4.79 Å². The Morgan fingerprint density at radius 3 is 2.58 bits per heavy atom. The van der Waals surface area contributed by atoms with Gasteiger partial charge in [0.05, 0.1) is 10.5 Å². The third kappa shape index (κ3) is 3.88. The van der Waals surface area contributed by atoms with E-state index in [-0.39, 0.29) is 17.0 Å². The zero-order chi connectivity index (χ0) is 19.4. The molecule has 0 spiro atoms. The Morgan fingerprint density at radius 1 is 1.27 bits per heavy atom. The topological polar surface area (TPSA) is 91.4 Å². The zero-order valence-electron chi connectivity index (χ0n) is 14.9. The van der Waals surface area contributed by atoms with Crippen LogP contribution in [0.15, 0.2) is 36.9 Å². The monoisotopic (exact) mass is 356 g/mol. The highest BCUT2D eigenvalue weighted by molar-refractivity contribution is 6.00. The van der Waals surface area contributed by atoms with Crippen molar-refractivity contribution in [2.24, 2.45) is 0 Å². The molecule has 0 saturated heterocycles. The lowest BCUT2D eigenvalue weighted by Gasteiger charge is -2.07. The predicted molar refractivity (Wildman–Crippen MR) is 96.5 cm³/mol.